The molecule has 0 aromatic heterocycles. The third kappa shape index (κ3) is 1.81. The molecule has 0 aromatic carbocycles. The van der Waals surface area contributed by atoms with Crippen LogP contribution in [0.25, 0.3) is 0 Å². The minimum absolute atomic E-state index is 0.577. The van der Waals surface area contributed by atoms with Gasteiger partial charge in [-0.2, -0.15) is 0 Å². The second-order valence-corrected chi connectivity index (χ2v) is 11.2. The minimum atomic E-state index is 0.577. The van der Waals surface area contributed by atoms with Gasteiger partial charge >= 0.3 is 0 Å². The van der Waals surface area contributed by atoms with E-state index in [0.717, 1.165) is 59.2 Å². The van der Waals surface area contributed by atoms with Crippen LogP contribution in [-0.4, -0.2) is 0 Å². The summed E-state index contributed by atoms with van der Waals surface area (Å²) >= 11 is 0. The fourth-order valence-electron chi connectivity index (χ4n) is 9.19. The third-order valence-electron chi connectivity index (χ3n) is 9.95. The van der Waals surface area contributed by atoms with Crippen LogP contribution in [0.1, 0.15) is 58.8 Å². The molecular weight excluding hydrogens is 288 g/mol. The van der Waals surface area contributed by atoms with Crippen molar-refractivity contribution >= 4 is 0 Å². The van der Waals surface area contributed by atoms with Gasteiger partial charge in [-0.3, -0.25) is 0 Å². The molecule has 10 unspecified atom stereocenters. The molecule has 10 atom stereocenters. The quantitative estimate of drug-likeness (QED) is 0.551. The van der Waals surface area contributed by atoms with E-state index in [0.29, 0.717) is 5.41 Å². The molecule has 0 aliphatic heterocycles. The molecule has 0 radical (unpaired) electrons. The van der Waals surface area contributed by atoms with Gasteiger partial charge in [-0.1, -0.05) is 38.2 Å². The maximum absolute atomic E-state index is 2.65. The van der Waals surface area contributed by atoms with Crippen molar-refractivity contribution in [3.63, 3.8) is 0 Å². The molecule has 0 aromatic rings. The molecule has 6 aliphatic carbocycles. The first-order chi connectivity index (χ1) is 11.6. The summed E-state index contributed by atoms with van der Waals surface area (Å²) in [5.41, 5.74) is 0.577. The van der Waals surface area contributed by atoms with Gasteiger partial charge in [0.2, 0.25) is 0 Å². The fourth-order valence-corrected chi connectivity index (χ4v) is 9.19. The number of hydrogen-bond acceptors (Lipinski definition) is 0. The molecule has 4 bridgehead atoms. The van der Waals surface area contributed by atoms with Gasteiger partial charge in [0.05, 0.1) is 0 Å². The molecule has 0 heteroatoms. The Morgan fingerprint density at radius 3 is 2.12 bits per heavy atom. The van der Waals surface area contributed by atoms with Crippen molar-refractivity contribution in [2.45, 2.75) is 58.8 Å². The first-order valence-electron chi connectivity index (χ1n) is 10.9. The number of rotatable bonds is 3. The van der Waals surface area contributed by atoms with Crippen LogP contribution in [0.4, 0.5) is 0 Å². The minimum Gasteiger partial charge on any atom is -0.0879 e. The predicted octanol–water partition coefficient (Wildman–Crippen LogP) is 6.10. The van der Waals surface area contributed by atoms with Gasteiger partial charge in [-0.05, 0) is 110 Å². The van der Waals surface area contributed by atoms with Crippen molar-refractivity contribution < 1.29 is 0 Å². The molecule has 0 nitrogen and oxygen atoms in total. The van der Waals surface area contributed by atoms with Crippen LogP contribution in [0.5, 0.6) is 0 Å². The molecule has 24 heavy (non-hydrogen) atoms. The Hall–Kier alpha value is -0.520. The average molecular weight is 323 g/mol. The monoisotopic (exact) mass is 322 g/mol. The predicted molar refractivity (Wildman–Crippen MR) is 99.3 cm³/mol. The van der Waals surface area contributed by atoms with Crippen molar-refractivity contribution in [3.05, 3.63) is 24.3 Å². The maximum Gasteiger partial charge on any atom is -0.0168 e. The summed E-state index contributed by atoms with van der Waals surface area (Å²) < 4.78 is 0. The first kappa shape index (κ1) is 14.6. The molecule has 0 N–H and O–H groups in total. The van der Waals surface area contributed by atoms with Gasteiger partial charge in [-0.15, -0.1) is 0 Å². The lowest BCUT2D eigenvalue weighted by Gasteiger charge is -2.44. The van der Waals surface area contributed by atoms with E-state index in [1.165, 1.54) is 19.3 Å². The van der Waals surface area contributed by atoms with Crippen molar-refractivity contribution in [2.75, 3.05) is 0 Å². The maximum atomic E-state index is 2.65. The van der Waals surface area contributed by atoms with Crippen molar-refractivity contribution in [2.24, 2.45) is 64.6 Å². The van der Waals surface area contributed by atoms with Crippen molar-refractivity contribution in [3.8, 4) is 0 Å². The Balaban J connectivity index is 1.20. The highest BCUT2D eigenvalue weighted by atomic mass is 14.6. The second-order valence-electron chi connectivity index (χ2n) is 11.2. The molecule has 0 amide bonds. The zero-order chi connectivity index (χ0) is 16.1. The lowest BCUT2D eigenvalue weighted by molar-refractivity contribution is 0.0535. The van der Waals surface area contributed by atoms with Crippen molar-refractivity contribution in [1.29, 1.82) is 0 Å². The van der Waals surface area contributed by atoms with E-state index in [1.807, 2.05) is 0 Å². The van der Waals surface area contributed by atoms with E-state index in [-0.39, 0.29) is 0 Å². The van der Waals surface area contributed by atoms with Crippen LogP contribution in [-0.2, 0) is 0 Å². The SMILES string of the molecule is CC(C)(CC1CC2CC1C1C=CCC21)C1CC2CC1C1C=CCC21. The highest BCUT2D eigenvalue weighted by molar-refractivity contribution is 5.17. The van der Waals surface area contributed by atoms with Crippen LogP contribution >= 0.6 is 0 Å². The zero-order valence-electron chi connectivity index (χ0n) is 15.5. The molecule has 0 saturated heterocycles. The topological polar surface area (TPSA) is 0 Å². The Labute approximate surface area is 148 Å². The molecule has 0 spiro atoms. The largest absolute Gasteiger partial charge is 0.0879 e. The smallest absolute Gasteiger partial charge is 0.0168 e. The number of hydrogen-bond donors (Lipinski definition) is 0. The zero-order valence-corrected chi connectivity index (χ0v) is 15.5. The highest BCUT2D eigenvalue weighted by Gasteiger charge is 2.58. The highest BCUT2D eigenvalue weighted by Crippen LogP contribution is 2.66. The van der Waals surface area contributed by atoms with E-state index in [4.69, 9.17) is 0 Å². The average Bonchev–Trinajstić information content (AvgIpc) is 3.30. The summed E-state index contributed by atoms with van der Waals surface area (Å²) in [5, 5.41) is 0. The summed E-state index contributed by atoms with van der Waals surface area (Å²) in [6.07, 6.45) is 20.9. The molecule has 0 heterocycles. The van der Waals surface area contributed by atoms with Gasteiger partial charge in [0.1, 0.15) is 0 Å². The van der Waals surface area contributed by atoms with E-state index in [2.05, 4.69) is 38.2 Å². The lowest BCUT2D eigenvalue weighted by Crippen LogP contribution is -2.37. The molecular formula is C24H34. The standard InChI is InChI=1S/C24H34/c1-24(2,23-12-15-11-22(23)20-8-4-6-18(15)20)13-16-9-14-10-21(16)19-7-3-5-17(14)19/h3-4,7-8,14-23H,5-6,9-13H2,1-2H3. The van der Waals surface area contributed by atoms with E-state index < -0.39 is 0 Å². The lowest BCUT2D eigenvalue weighted by atomic mass is 9.60. The van der Waals surface area contributed by atoms with E-state index in [9.17, 15) is 0 Å². The van der Waals surface area contributed by atoms with Gasteiger partial charge in [0, 0.05) is 0 Å². The summed E-state index contributed by atoms with van der Waals surface area (Å²) in [4.78, 5) is 0. The molecule has 130 valence electrons. The van der Waals surface area contributed by atoms with Crippen LogP contribution in [0.2, 0.25) is 0 Å². The van der Waals surface area contributed by atoms with Gasteiger partial charge in [0.15, 0.2) is 0 Å². The number of fused-ring (bicyclic) bond motifs is 10. The Morgan fingerprint density at radius 2 is 1.38 bits per heavy atom. The van der Waals surface area contributed by atoms with Crippen LogP contribution in [0.15, 0.2) is 24.3 Å². The summed E-state index contributed by atoms with van der Waals surface area (Å²) in [5.74, 6) is 10.3. The molecule has 6 rings (SSSR count). The molecule has 4 fully saturated rings. The summed E-state index contributed by atoms with van der Waals surface area (Å²) in [7, 11) is 0. The van der Waals surface area contributed by atoms with Crippen LogP contribution in [0.3, 0.4) is 0 Å². The Bertz CT molecular complexity index is 595. The number of allylic oxidation sites excluding steroid dienone is 4. The van der Waals surface area contributed by atoms with Crippen LogP contribution in [0, 0.1) is 64.6 Å². The Kier molecular flexibility index (Phi) is 2.93. The Morgan fingerprint density at radius 1 is 0.750 bits per heavy atom. The van der Waals surface area contributed by atoms with Gasteiger partial charge in [-0.25, -0.2) is 0 Å². The summed E-state index contributed by atoms with van der Waals surface area (Å²) in [6, 6.07) is 0. The third-order valence-corrected chi connectivity index (χ3v) is 9.95. The summed E-state index contributed by atoms with van der Waals surface area (Å²) in [6.45, 7) is 5.31. The normalized spacial score (nSPS) is 56.4. The van der Waals surface area contributed by atoms with E-state index >= 15 is 0 Å². The van der Waals surface area contributed by atoms with Crippen LogP contribution < -0.4 is 0 Å². The van der Waals surface area contributed by atoms with Crippen molar-refractivity contribution in [1.82, 2.24) is 0 Å². The van der Waals surface area contributed by atoms with Gasteiger partial charge < -0.3 is 0 Å². The molecule has 4 saturated carbocycles. The fraction of sp³-hybridized carbons (Fsp3) is 0.833. The first-order valence-corrected chi connectivity index (χ1v) is 10.9. The second kappa shape index (κ2) is 4.80. The molecule has 6 aliphatic rings. The van der Waals surface area contributed by atoms with Gasteiger partial charge in [0.25, 0.3) is 0 Å². The van der Waals surface area contributed by atoms with E-state index in [1.54, 1.807) is 25.7 Å².